The lowest BCUT2D eigenvalue weighted by atomic mass is 9.98. The molecule has 8 aromatic carbocycles. The summed E-state index contributed by atoms with van der Waals surface area (Å²) in [6.45, 7) is 0. The number of pyridine rings is 1. The van der Waals surface area contributed by atoms with Gasteiger partial charge in [0.05, 0.1) is 11.0 Å². The number of fused-ring (bicyclic) bond motifs is 12. The normalized spacial score (nSPS) is 12.1. The first-order valence-electron chi connectivity index (χ1n) is 19.5. The van der Waals surface area contributed by atoms with Gasteiger partial charge in [0.15, 0.2) is 0 Å². The van der Waals surface area contributed by atoms with Crippen molar-refractivity contribution in [2.24, 2.45) is 0 Å². The monoisotopic (exact) mass is 742 g/mol. The summed E-state index contributed by atoms with van der Waals surface area (Å²) in [6.07, 6.45) is 3.88. The number of hydrogen-bond acceptors (Lipinski definition) is 4. The molecule has 0 saturated carbocycles. The lowest BCUT2D eigenvalue weighted by Gasteiger charge is -2.08. The highest BCUT2D eigenvalue weighted by Gasteiger charge is 2.16. The summed E-state index contributed by atoms with van der Waals surface area (Å²) >= 11 is 0. The van der Waals surface area contributed by atoms with Gasteiger partial charge < -0.3 is 17.8 Å². The van der Waals surface area contributed by atoms with Crippen LogP contribution in [0.5, 0.6) is 0 Å². The van der Waals surface area contributed by atoms with Crippen LogP contribution in [0.4, 0.5) is 0 Å². The number of furan rings is 3. The fourth-order valence-electron chi connectivity index (χ4n) is 9.08. The predicted octanol–water partition coefficient (Wildman–Crippen LogP) is 14.9. The van der Waals surface area contributed by atoms with Gasteiger partial charge in [-0.3, -0.25) is 4.98 Å². The van der Waals surface area contributed by atoms with E-state index in [1.54, 1.807) is 0 Å². The number of hydrogen-bond donors (Lipinski definition) is 0. The maximum Gasteiger partial charge on any atom is 0.135 e. The van der Waals surface area contributed by atoms with Gasteiger partial charge in [-0.1, -0.05) is 78.9 Å². The minimum Gasteiger partial charge on any atom is -0.456 e. The Labute approximate surface area is 330 Å². The van der Waals surface area contributed by atoms with E-state index in [1.165, 1.54) is 21.8 Å². The van der Waals surface area contributed by atoms with Crippen LogP contribution in [0, 0.1) is 0 Å². The molecule has 5 nitrogen and oxygen atoms in total. The van der Waals surface area contributed by atoms with Gasteiger partial charge in [-0.05, 0) is 113 Å². The summed E-state index contributed by atoms with van der Waals surface area (Å²) in [7, 11) is 0. The van der Waals surface area contributed by atoms with E-state index < -0.39 is 0 Å². The van der Waals surface area contributed by atoms with E-state index in [0.29, 0.717) is 0 Å². The van der Waals surface area contributed by atoms with Gasteiger partial charge in [0.2, 0.25) is 0 Å². The first-order chi connectivity index (χ1) is 28.7. The molecule has 0 aliphatic carbocycles. The molecule has 0 spiro atoms. The maximum absolute atomic E-state index is 6.38. The Bertz CT molecular complexity index is 3770. The second-order valence-corrected chi connectivity index (χ2v) is 15.2. The standard InChI is InChI=1S/C53H30N2O3/c1-4-10-46-38(7-1)39-8-2-5-11-47(39)55(46)37-17-22-53-45(28-37)44-27-34(16-21-52(44)58-53)36-23-35(29-54-30-36)33-15-20-51-43(26-33)42-25-32(14-19-50(42)57-51)31-13-18-49-41(24-31)40-9-3-6-12-48(40)56-49/h1-30H. The molecule has 5 aromatic heterocycles. The third-order valence-corrected chi connectivity index (χ3v) is 11.9. The average Bonchev–Trinajstić information content (AvgIpc) is 4.04. The lowest BCUT2D eigenvalue weighted by Crippen LogP contribution is -1.93. The first-order valence-corrected chi connectivity index (χ1v) is 19.5. The zero-order valence-electron chi connectivity index (χ0n) is 30.9. The molecule has 0 amide bonds. The second kappa shape index (κ2) is 11.8. The Morgan fingerprint density at radius 1 is 0.293 bits per heavy atom. The van der Waals surface area contributed by atoms with E-state index in [1.807, 2.05) is 24.5 Å². The average molecular weight is 743 g/mol. The number of para-hydroxylation sites is 3. The summed E-state index contributed by atoms with van der Waals surface area (Å²) in [5.74, 6) is 0. The molecule has 0 aliphatic rings. The minimum absolute atomic E-state index is 0.855. The van der Waals surface area contributed by atoms with E-state index >= 15 is 0 Å². The second-order valence-electron chi connectivity index (χ2n) is 15.2. The Balaban J connectivity index is 0.888. The molecule has 0 atom stereocenters. The van der Waals surface area contributed by atoms with Crippen molar-refractivity contribution in [3.63, 3.8) is 0 Å². The van der Waals surface area contributed by atoms with Crippen molar-refractivity contribution in [2.45, 2.75) is 0 Å². The van der Waals surface area contributed by atoms with Crippen molar-refractivity contribution in [1.29, 1.82) is 0 Å². The number of aromatic nitrogens is 2. The summed E-state index contributed by atoms with van der Waals surface area (Å²) < 4.78 is 21.2. The van der Waals surface area contributed by atoms with Crippen LogP contribution in [0.3, 0.4) is 0 Å². The number of benzene rings is 8. The van der Waals surface area contributed by atoms with Crippen LogP contribution in [0.15, 0.2) is 196 Å². The third kappa shape index (κ3) is 4.61. The largest absolute Gasteiger partial charge is 0.456 e. The SMILES string of the molecule is c1ccc2c(c1)oc1ccc(-c3ccc4oc5ccc(-c6cncc(-c7ccc8oc9ccc(-n%10c%11ccccc%11c%11ccccc%11%10)cc9c8c7)c6)cc5c4c3)cc12. The Hall–Kier alpha value is -7.89. The lowest BCUT2D eigenvalue weighted by molar-refractivity contribution is 0.668. The summed E-state index contributed by atoms with van der Waals surface area (Å²) in [4.78, 5) is 4.74. The summed E-state index contributed by atoms with van der Waals surface area (Å²) in [5, 5.41) is 9.02. The summed E-state index contributed by atoms with van der Waals surface area (Å²) in [6, 6.07) is 59.8. The van der Waals surface area contributed by atoms with Gasteiger partial charge >= 0.3 is 0 Å². The van der Waals surface area contributed by atoms with Gasteiger partial charge in [0, 0.05) is 72.3 Å². The van der Waals surface area contributed by atoms with Crippen LogP contribution in [-0.4, -0.2) is 9.55 Å². The van der Waals surface area contributed by atoms with E-state index in [4.69, 9.17) is 18.2 Å². The van der Waals surface area contributed by atoms with Crippen LogP contribution in [0.2, 0.25) is 0 Å². The van der Waals surface area contributed by atoms with Gasteiger partial charge in [-0.15, -0.1) is 0 Å². The molecule has 5 heterocycles. The fraction of sp³-hybridized carbons (Fsp3) is 0. The Morgan fingerprint density at radius 3 is 1.19 bits per heavy atom. The van der Waals surface area contributed by atoms with E-state index in [0.717, 1.165) is 105 Å². The molecule has 0 fully saturated rings. The van der Waals surface area contributed by atoms with Crippen LogP contribution in [-0.2, 0) is 0 Å². The molecule has 0 bridgehead atoms. The highest BCUT2D eigenvalue weighted by atomic mass is 16.3. The fourth-order valence-corrected chi connectivity index (χ4v) is 9.08. The molecule has 0 aliphatic heterocycles. The van der Waals surface area contributed by atoms with Crippen molar-refractivity contribution < 1.29 is 13.3 Å². The van der Waals surface area contributed by atoms with Gasteiger partial charge in [0.1, 0.15) is 33.5 Å². The topological polar surface area (TPSA) is 57.2 Å². The van der Waals surface area contributed by atoms with Crippen molar-refractivity contribution >= 4 is 87.6 Å². The third-order valence-electron chi connectivity index (χ3n) is 11.9. The van der Waals surface area contributed by atoms with Crippen LogP contribution < -0.4 is 0 Å². The van der Waals surface area contributed by atoms with Crippen molar-refractivity contribution in [2.75, 3.05) is 0 Å². The minimum atomic E-state index is 0.855. The molecule has 13 aromatic rings. The summed E-state index contributed by atoms with van der Waals surface area (Å²) in [5.41, 5.74) is 15.2. The molecule has 13 rings (SSSR count). The van der Waals surface area contributed by atoms with E-state index in [2.05, 4.69) is 162 Å². The number of nitrogens with zero attached hydrogens (tertiary/aromatic N) is 2. The molecule has 0 unspecified atom stereocenters. The molecular formula is C53H30N2O3. The molecule has 0 N–H and O–H groups in total. The van der Waals surface area contributed by atoms with Crippen molar-refractivity contribution in [3.8, 4) is 39.1 Å². The molecule has 270 valence electrons. The molecule has 58 heavy (non-hydrogen) atoms. The van der Waals surface area contributed by atoms with Crippen LogP contribution in [0.25, 0.3) is 127 Å². The van der Waals surface area contributed by atoms with Crippen LogP contribution >= 0.6 is 0 Å². The van der Waals surface area contributed by atoms with Gasteiger partial charge in [-0.2, -0.15) is 0 Å². The smallest absolute Gasteiger partial charge is 0.135 e. The van der Waals surface area contributed by atoms with Crippen LogP contribution in [0.1, 0.15) is 0 Å². The van der Waals surface area contributed by atoms with Gasteiger partial charge in [-0.25, -0.2) is 0 Å². The Kier molecular flexibility index (Phi) is 6.38. The zero-order chi connectivity index (χ0) is 37.9. The highest BCUT2D eigenvalue weighted by Crippen LogP contribution is 2.40. The van der Waals surface area contributed by atoms with E-state index in [-0.39, 0.29) is 0 Å². The first kappa shape index (κ1) is 31.3. The quantitative estimate of drug-likeness (QED) is 0.180. The van der Waals surface area contributed by atoms with Crippen molar-refractivity contribution in [3.05, 3.63) is 182 Å². The highest BCUT2D eigenvalue weighted by molar-refractivity contribution is 6.12. The van der Waals surface area contributed by atoms with Gasteiger partial charge in [0.25, 0.3) is 0 Å². The molecular weight excluding hydrogens is 713 g/mol. The van der Waals surface area contributed by atoms with Crippen molar-refractivity contribution in [1.82, 2.24) is 9.55 Å². The molecule has 5 heteroatoms. The number of rotatable bonds is 4. The predicted molar refractivity (Wildman–Crippen MR) is 237 cm³/mol. The van der Waals surface area contributed by atoms with E-state index in [9.17, 15) is 0 Å². The maximum atomic E-state index is 6.38. The Morgan fingerprint density at radius 2 is 0.672 bits per heavy atom. The molecule has 0 saturated heterocycles. The molecule has 0 radical (unpaired) electrons. The zero-order valence-corrected chi connectivity index (χ0v) is 30.9.